The van der Waals surface area contributed by atoms with Gasteiger partial charge < -0.3 is 18.9 Å². The molecule has 0 radical (unpaired) electrons. The number of aliphatic imine (C=N–C) groups is 1. The van der Waals surface area contributed by atoms with Gasteiger partial charge in [0, 0.05) is 37.1 Å². The molecule has 1 saturated heterocycles. The van der Waals surface area contributed by atoms with E-state index in [9.17, 15) is 4.79 Å². The highest BCUT2D eigenvalue weighted by atomic mass is 16.6. The van der Waals surface area contributed by atoms with Crippen LogP contribution in [0.3, 0.4) is 0 Å². The largest absolute Gasteiger partial charge is 0.493 e. The first-order valence-corrected chi connectivity index (χ1v) is 11.1. The molecule has 0 spiro atoms. The maximum absolute atomic E-state index is 12.2. The summed E-state index contributed by atoms with van der Waals surface area (Å²) in [5.74, 6) is 1.33. The van der Waals surface area contributed by atoms with Gasteiger partial charge in [0.05, 0.1) is 32.6 Å². The van der Waals surface area contributed by atoms with Gasteiger partial charge in [-0.3, -0.25) is 15.0 Å². The highest BCUT2D eigenvalue weighted by Gasteiger charge is 2.20. The third kappa shape index (κ3) is 5.93. The average Bonchev–Trinajstić information content (AvgIpc) is 3.53. The fourth-order valence-corrected chi connectivity index (χ4v) is 3.65. The van der Waals surface area contributed by atoms with Crippen molar-refractivity contribution in [2.45, 2.75) is 19.1 Å². The summed E-state index contributed by atoms with van der Waals surface area (Å²) in [5, 5.41) is 7.09. The lowest BCUT2D eigenvalue weighted by Crippen LogP contribution is -2.18. The molecule has 1 aromatic heterocycles. The third-order valence-electron chi connectivity index (χ3n) is 5.33. The van der Waals surface area contributed by atoms with E-state index in [1.165, 1.54) is 0 Å². The van der Waals surface area contributed by atoms with Gasteiger partial charge in [0.1, 0.15) is 12.7 Å². The SMILES string of the molecule is CN=Cc1ccc(NC(=O)OCCn2nccc2-c2ccc(OC)c(O[C@@H]3CCOC3)c2)cc1. The molecule has 2 heterocycles. The fraction of sp³-hybridized carbons (Fsp3) is 0.320. The Kier molecular flexibility index (Phi) is 7.77. The number of carbonyl (C=O) groups is 1. The van der Waals surface area contributed by atoms with Gasteiger partial charge in [-0.15, -0.1) is 0 Å². The van der Waals surface area contributed by atoms with Crippen molar-refractivity contribution in [1.29, 1.82) is 0 Å². The molecule has 9 nitrogen and oxygen atoms in total. The second kappa shape index (κ2) is 11.3. The van der Waals surface area contributed by atoms with E-state index in [-0.39, 0.29) is 12.7 Å². The molecular weight excluding hydrogens is 436 g/mol. The molecule has 1 fully saturated rings. The van der Waals surface area contributed by atoms with Crippen molar-refractivity contribution in [3.05, 3.63) is 60.3 Å². The van der Waals surface area contributed by atoms with Gasteiger partial charge in [-0.05, 0) is 42.0 Å². The molecule has 0 saturated carbocycles. The van der Waals surface area contributed by atoms with Crippen LogP contribution >= 0.6 is 0 Å². The summed E-state index contributed by atoms with van der Waals surface area (Å²) < 4.78 is 24.1. The zero-order valence-electron chi connectivity index (χ0n) is 19.3. The molecule has 0 aliphatic carbocycles. The standard InChI is InChI=1S/C25H28N4O5/c1-26-16-18-3-6-20(7-4-18)28-25(30)33-14-12-29-22(9-11-27-29)19-5-8-23(31-2)24(15-19)34-21-10-13-32-17-21/h3-9,11,15-16,21H,10,12-14,17H2,1-2H3,(H,28,30)/t21-/m1/s1. The van der Waals surface area contributed by atoms with E-state index in [0.717, 1.165) is 23.2 Å². The lowest BCUT2D eigenvalue weighted by atomic mass is 10.1. The number of aromatic nitrogens is 2. The smallest absolute Gasteiger partial charge is 0.411 e. The molecule has 178 valence electrons. The van der Waals surface area contributed by atoms with E-state index in [2.05, 4.69) is 15.4 Å². The van der Waals surface area contributed by atoms with E-state index in [4.69, 9.17) is 18.9 Å². The Morgan fingerprint density at radius 3 is 2.82 bits per heavy atom. The van der Waals surface area contributed by atoms with Gasteiger partial charge in [0.2, 0.25) is 0 Å². The first-order valence-electron chi connectivity index (χ1n) is 11.1. The molecule has 1 atom stereocenters. The van der Waals surface area contributed by atoms with E-state index in [0.29, 0.717) is 36.9 Å². The van der Waals surface area contributed by atoms with Gasteiger partial charge in [-0.2, -0.15) is 5.10 Å². The van der Waals surface area contributed by atoms with Crippen molar-refractivity contribution >= 4 is 18.0 Å². The molecule has 2 aromatic carbocycles. The molecule has 9 heteroatoms. The van der Waals surface area contributed by atoms with Crippen molar-refractivity contribution in [3.63, 3.8) is 0 Å². The molecule has 3 aromatic rings. The normalized spacial score (nSPS) is 15.4. The molecule has 1 aliphatic heterocycles. The molecule has 0 bridgehead atoms. The Balaban J connectivity index is 1.35. The predicted octanol–water partition coefficient (Wildman–Crippen LogP) is 4.02. The monoisotopic (exact) mass is 464 g/mol. The number of nitrogens with zero attached hydrogens (tertiary/aromatic N) is 3. The Labute approximate surface area is 198 Å². The number of methoxy groups -OCH3 is 1. The number of anilines is 1. The zero-order valence-corrected chi connectivity index (χ0v) is 19.3. The topological polar surface area (TPSA) is 96.2 Å². The maximum Gasteiger partial charge on any atom is 0.411 e. The lowest BCUT2D eigenvalue weighted by Gasteiger charge is -2.16. The van der Waals surface area contributed by atoms with Crippen LogP contribution in [0.2, 0.25) is 0 Å². The average molecular weight is 465 g/mol. The lowest BCUT2D eigenvalue weighted by molar-refractivity contribution is 0.138. The second-order valence-electron chi connectivity index (χ2n) is 7.68. The summed E-state index contributed by atoms with van der Waals surface area (Å²) in [6.07, 6.45) is 3.79. The van der Waals surface area contributed by atoms with Crippen LogP contribution in [0, 0.1) is 0 Å². The maximum atomic E-state index is 12.2. The van der Waals surface area contributed by atoms with E-state index in [1.807, 2.05) is 36.4 Å². The van der Waals surface area contributed by atoms with Crippen LogP contribution in [0.25, 0.3) is 11.3 Å². The summed E-state index contributed by atoms with van der Waals surface area (Å²) in [4.78, 5) is 16.1. The predicted molar refractivity (Wildman–Crippen MR) is 129 cm³/mol. The summed E-state index contributed by atoms with van der Waals surface area (Å²) in [7, 11) is 3.33. The first kappa shape index (κ1) is 23.3. The quantitative estimate of drug-likeness (QED) is 0.481. The van der Waals surface area contributed by atoms with Gasteiger partial charge in [-0.25, -0.2) is 4.79 Å². The van der Waals surface area contributed by atoms with Crippen LogP contribution in [0.4, 0.5) is 10.5 Å². The Morgan fingerprint density at radius 2 is 2.09 bits per heavy atom. The fourth-order valence-electron chi connectivity index (χ4n) is 3.65. The number of hydrogen-bond donors (Lipinski definition) is 1. The highest BCUT2D eigenvalue weighted by Crippen LogP contribution is 2.34. The minimum absolute atomic E-state index is 0.0111. The summed E-state index contributed by atoms with van der Waals surface area (Å²) >= 11 is 0. The van der Waals surface area contributed by atoms with Crippen LogP contribution in [-0.2, 0) is 16.0 Å². The molecule has 1 N–H and O–H groups in total. The summed E-state index contributed by atoms with van der Waals surface area (Å²) in [5.41, 5.74) is 3.41. The highest BCUT2D eigenvalue weighted by molar-refractivity contribution is 5.86. The molecule has 0 unspecified atom stereocenters. The molecule has 34 heavy (non-hydrogen) atoms. The van der Waals surface area contributed by atoms with Crippen LogP contribution in [-0.4, -0.2) is 62.2 Å². The Hall–Kier alpha value is -3.85. The van der Waals surface area contributed by atoms with Crippen molar-refractivity contribution in [2.75, 3.05) is 39.3 Å². The van der Waals surface area contributed by atoms with Crippen molar-refractivity contribution < 1.29 is 23.7 Å². The van der Waals surface area contributed by atoms with Gasteiger partial charge in [-0.1, -0.05) is 12.1 Å². The number of rotatable bonds is 9. The van der Waals surface area contributed by atoms with E-state index in [1.54, 1.807) is 43.4 Å². The van der Waals surface area contributed by atoms with Crippen LogP contribution in [0.1, 0.15) is 12.0 Å². The van der Waals surface area contributed by atoms with Crippen molar-refractivity contribution in [2.24, 2.45) is 4.99 Å². The van der Waals surface area contributed by atoms with Crippen LogP contribution in [0.15, 0.2) is 59.7 Å². The number of carbonyl (C=O) groups excluding carboxylic acids is 1. The Morgan fingerprint density at radius 1 is 1.24 bits per heavy atom. The number of amides is 1. The van der Waals surface area contributed by atoms with Crippen LogP contribution < -0.4 is 14.8 Å². The minimum Gasteiger partial charge on any atom is -0.493 e. The third-order valence-corrected chi connectivity index (χ3v) is 5.33. The Bertz CT molecular complexity index is 1120. The van der Waals surface area contributed by atoms with E-state index < -0.39 is 6.09 Å². The number of hydrogen-bond acceptors (Lipinski definition) is 7. The zero-order chi connectivity index (χ0) is 23.8. The van der Waals surface area contributed by atoms with Gasteiger partial charge >= 0.3 is 6.09 Å². The van der Waals surface area contributed by atoms with Crippen LogP contribution in [0.5, 0.6) is 11.5 Å². The molecule has 1 amide bonds. The summed E-state index contributed by atoms with van der Waals surface area (Å²) in [6, 6.07) is 15.0. The number of benzene rings is 2. The molecule has 1 aliphatic rings. The van der Waals surface area contributed by atoms with E-state index >= 15 is 0 Å². The van der Waals surface area contributed by atoms with Crippen molar-refractivity contribution in [1.82, 2.24) is 9.78 Å². The van der Waals surface area contributed by atoms with Gasteiger partial charge in [0.25, 0.3) is 0 Å². The first-order chi connectivity index (χ1) is 16.7. The second-order valence-corrected chi connectivity index (χ2v) is 7.68. The number of nitrogens with one attached hydrogen (secondary N) is 1. The minimum atomic E-state index is -0.524. The molecule has 4 rings (SSSR count). The molecular formula is C25H28N4O5. The van der Waals surface area contributed by atoms with Crippen molar-refractivity contribution in [3.8, 4) is 22.8 Å². The summed E-state index contributed by atoms with van der Waals surface area (Å²) in [6.45, 7) is 1.84. The van der Waals surface area contributed by atoms with Gasteiger partial charge in [0.15, 0.2) is 11.5 Å². The number of ether oxygens (including phenoxy) is 4.